The number of rotatable bonds is 7. The van der Waals surface area contributed by atoms with E-state index in [1.165, 1.54) is 12.1 Å². The third-order valence-corrected chi connectivity index (χ3v) is 6.26. The molecule has 1 amide bonds. The van der Waals surface area contributed by atoms with Crippen LogP contribution < -0.4 is 14.8 Å². The van der Waals surface area contributed by atoms with Crippen molar-refractivity contribution in [2.24, 2.45) is 0 Å². The first-order valence-corrected chi connectivity index (χ1v) is 11.3. The third-order valence-electron chi connectivity index (χ3n) is 4.88. The summed E-state index contributed by atoms with van der Waals surface area (Å²) in [6.45, 7) is 7.40. The molecule has 0 bridgehead atoms. The summed E-state index contributed by atoms with van der Waals surface area (Å²) in [5.41, 5.74) is 4.96. The molecule has 0 aliphatic carbocycles. The Kier molecular flexibility index (Phi) is 6.65. The van der Waals surface area contributed by atoms with Gasteiger partial charge in [0.2, 0.25) is 0 Å². The molecular formula is C24H26N2O4S. The Hall–Kier alpha value is -3.32. The molecular weight excluding hydrogens is 412 g/mol. The van der Waals surface area contributed by atoms with Crippen molar-refractivity contribution in [2.45, 2.75) is 32.6 Å². The van der Waals surface area contributed by atoms with E-state index < -0.39 is 10.0 Å². The first-order valence-electron chi connectivity index (χ1n) is 9.84. The fourth-order valence-corrected chi connectivity index (χ4v) is 4.17. The maximum absolute atomic E-state index is 12.7. The predicted molar refractivity (Wildman–Crippen MR) is 123 cm³/mol. The van der Waals surface area contributed by atoms with Gasteiger partial charge in [-0.25, -0.2) is 8.42 Å². The minimum atomic E-state index is -3.74. The van der Waals surface area contributed by atoms with Crippen molar-refractivity contribution < 1.29 is 17.9 Å². The van der Waals surface area contributed by atoms with Crippen molar-refractivity contribution >= 4 is 27.3 Å². The Balaban J connectivity index is 1.66. The van der Waals surface area contributed by atoms with Crippen LogP contribution in [0.15, 0.2) is 65.6 Å². The van der Waals surface area contributed by atoms with Gasteiger partial charge in [-0.15, -0.1) is 0 Å². The standard InChI is InChI=1S/C24H26N2O4S/c1-16-6-5-7-20(12-16)25-24(27)15-30-23-11-10-22(14-19(23)4)31(28,29)26-21-9-8-17(2)18(3)13-21/h5-14,26H,15H2,1-4H3,(H,25,27). The largest absolute Gasteiger partial charge is 0.483 e. The van der Waals surface area contributed by atoms with E-state index in [9.17, 15) is 13.2 Å². The molecule has 0 saturated carbocycles. The van der Waals surface area contributed by atoms with Crippen LogP contribution in [0.4, 0.5) is 11.4 Å². The second-order valence-corrected chi connectivity index (χ2v) is 9.22. The first-order chi connectivity index (χ1) is 14.6. The summed E-state index contributed by atoms with van der Waals surface area (Å²) in [6.07, 6.45) is 0. The number of hydrogen-bond donors (Lipinski definition) is 2. The summed E-state index contributed by atoms with van der Waals surface area (Å²) < 4.78 is 33.7. The van der Waals surface area contributed by atoms with E-state index in [1.807, 2.05) is 45.0 Å². The second-order valence-electron chi connectivity index (χ2n) is 7.54. The molecule has 0 heterocycles. The van der Waals surface area contributed by atoms with Crippen LogP contribution in [-0.4, -0.2) is 20.9 Å². The van der Waals surface area contributed by atoms with E-state index in [0.717, 1.165) is 16.7 Å². The zero-order valence-corrected chi connectivity index (χ0v) is 18.8. The summed E-state index contributed by atoms with van der Waals surface area (Å²) in [4.78, 5) is 12.3. The summed E-state index contributed by atoms with van der Waals surface area (Å²) in [7, 11) is -3.74. The minimum Gasteiger partial charge on any atom is -0.483 e. The van der Waals surface area contributed by atoms with Gasteiger partial charge in [0.05, 0.1) is 4.90 Å². The number of carbonyl (C=O) groups excluding carboxylic acids is 1. The number of ether oxygens (including phenoxy) is 1. The average Bonchev–Trinajstić information content (AvgIpc) is 2.69. The fourth-order valence-electron chi connectivity index (χ4n) is 3.03. The lowest BCUT2D eigenvalue weighted by Crippen LogP contribution is -2.20. The van der Waals surface area contributed by atoms with Gasteiger partial charge in [-0.1, -0.05) is 18.2 Å². The van der Waals surface area contributed by atoms with Crippen LogP contribution in [0.25, 0.3) is 0 Å². The predicted octanol–water partition coefficient (Wildman–Crippen LogP) is 4.74. The minimum absolute atomic E-state index is 0.125. The van der Waals surface area contributed by atoms with Crippen LogP contribution in [0.2, 0.25) is 0 Å². The van der Waals surface area contributed by atoms with Gasteiger partial charge >= 0.3 is 0 Å². The van der Waals surface area contributed by atoms with E-state index >= 15 is 0 Å². The number of nitrogens with one attached hydrogen (secondary N) is 2. The molecule has 0 spiro atoms. The van der Waals surface area contributed by atoms with Gasteiger partial charge in [0.25, 0.3) is 15.9 Å². The lowest BCUT2D eigenvalue weighted by atomic mass is 10.1. The number of sulfonamides is 1. The Morgan fingerprint density at radius 2 is 1.61 bits per heavy atom. The number of amides is 1. The van der Waals surface area contributed by atoms with Crippen LogP contribution in [0.1, 0.15) is 22.3 Å². The smallest absolute Gasteiger partial charge is 0.262 e. The molecule has 2 N–H and O–H groups in total. The third kappa shape index (κ3) is 5.86. The topological polar surface area (TPSA) is 84.5 Å². The maximum atomic E-state index is 12.7. The molecule has 3 aromatic carbocycles. The first kappa shape index (κ1) is 22.4. The molecule has 3 aromatic rings. The molecule has 3 rings (SSSR count). The molecule has 6 nitrogen and oxygen atoms in total. The van der Waals surface area contributed by atoms with E-state index in [4.69, 9.17) is 4.74 Å². The van der Waals surface area contributed by atoms with Crippen LogP contribution in [0.5, 0.6) is 5.75 Å². The number of carbonyl (C=O) groups is 1. The van der Waals surface area contributed by atoms with Gasteiger partial charge < -0.3 is 10.1 Å². The quantitative estimate of drug-likeness (QED) is 0.558. The monoisotopic (exact) mass is 438 g/mol. The van der Waals surface area contributed by atoms with Crippen molar-refractivity contribution in [1.82, 2.24) is 0 Å². The van der Waals surface area contributed by atoms with Crippen molar-refractivity contribution in [3.05, 3.63) is 82.9 Å². The molecule has 162 valence electrons. The Morgan fingerprint density at radius 1 is 0.839 bits per heavy atom. The van der Waals surface area contributed by atoms with E-state index in [2.05, 4.69) is 10.0 Å². The van der Waals surface area contributed by atoms with Crippen molar-refractivity contribution in [1.29, 1.82) is 0 Å². The average molecular weight is 439 g/mol. The van der Waals surface area contributed by atoms with Crippen molar-refractivity contribution in [3.63, 3.8) is 0 Å². The summed E-state index contributed by atoms with van der Waals surface area (Å²) in [5.74, 6) is 0.155. The van der Waals surface area contributed by atoms with E-state index in [0.29, 0.717) is 22.7 Å². The highest BCUT2D eigenvalue weighted by Crippen LogP contribution is 2.24. The van der Waals surface area contributed by atoms with Crippen molar-refractivity contribution in [2.75, 3.05) is 16.6 Å². The zero-order chi connectivity index (χ0) is 22.6. The molecule has 0 aliphatic rings. The molecule has 0 radical (unpaired) electrons. The molecule has 0 aromatic heterocycles. The normalized spacial score (nSPS) is 11.1. The lowest BCUT2D eigenvalue weighted by Gasteiger charge is -2.13. The Labute approximate surface area is 183 Å². The Morgan fingerprint density at radius 3 is 2.29 bits per heavy atom. The van der Waals surface area contributed by atoms with Crippen LogP contribution >= 0.6 is 0 Å². The van der Waals surface area contributed by atoms with Gasteiger partial charge in [0.1, 0.15) is 5.75 Å². The Bertz CT molecular complexity index is 1220. The number of anilines is 2. The van der Waals surface area contributed by atoms with Gasteiger partial charge in [-0.3, -0.25) is 9.52 Å². The highest BCUT2D eigenvalue weighted by atomic mass is 32.2. The summed E-state index contributed by atoms with van der Waals surface area (Å²) in [6, 6.07) is 17.4. The number of hydrogen-bond acceptors (Lipinski definition) is 4. The van der Waals surface area contributed by atoms with Crippen LogP contribution in [0, 0.1) is 27.7 Å². The zero-order valence-electron chi connectivity index (χ0n) is 18.0. The number of aryl methyl sites for hydroxylation is 4. The van der Waals surface area contributed by atoms with Crippen LogP contribution in [0.3, 0.4) is 0 Å². The highest BCUT2D eigenvalue weighted by Gasteiger charge is 2.16. The van der Waals surface area contributed by atoms with Gasteiger partial charge in [0.15, 0.2) is 6.61 Å². The molecule has 0 unspecified atom stereocenters. The maximum Gasteiger partial charge on any atom is 0.262 e. The molecule has 0 fully saturated rings. The van der Waals surface area contributed by atoms with Crippen LogP contribution in [-0.2, 0) is 14.8 Å². The second kappa shape index (κ2) is 9.22. The molecule has 7 heteroatoms. The fraction of sp³-hybridized carbons (Fsp3) is 0.208. The molecule has 0 saturated heterocycles. The molecule has 0 atom stereocenters. The van der Waals surface area contributed by atoms with E-state index in [1.54, 1.807) is 31.2 Å². The highest BCUT2D eigenvalue weighted by molar-refractivity contribution is 7.92. The van der Waals surface area contributed by atoms with Crippen molar-refractivity contribution in [3.8, 4) is 5.75 Å². The summed E-state index contributed by atoms with van der Waals surface area (Å²) >= 11 is 0. The SMILES string of the molecule is Cc1cccc(NC(=O)COc2ccc(S(=O)(=O)Nc3ccc(C)c(C)c3)cc2C)c1. The lowest BCUT2D eigenvalue weighted by molar-refractivity contribution is -0.118. The molecule has 31 heavy (non-hydrogen) atoms. The van der Waals surface area contributed by atoms with Gasteiger partial charge in [0, 0.05) is 11.4 Å². The molecule has 0 aliphatic heterocycles. The van der Waals surface area contributed by atoms with Gasteiger partial charge in [-0.2, -0.15) is 0 Å². The summed E-state index contributed by atoms with van der Waals surface area (Å²) in [5, 5.41) is 2.77. The number of benzene rings is 3. The van der Waals surface area contributed by atoms with E-state index in [-0.39, 0.29) is 17.4 Å². The van der Waals surface area contributed by atoms with Gasteiger partial charge in [-0.05, 0) is 92.4 Å².